The van der Waals surface area contributed by atoms with Gasteiger partial charge in [0.2, 0.25) is 0 Å². The van der Waals surface area contributed by atoms with Crippen LogP contribution in [0.25, 0.3) is 0 Å². The number of hydrogen-bond acceptors (Lipinski definition) is 3. The zero-order chi connectivity index (χ0) is 13.2. The number of rotatable bonds is 3. The first-order chi connectivity index (χ1) is 8.44. The second-order valence-electron chi connectivity index (χ2n) is 5.92. The molecule has 0 atom stereocenters. The SMILES string of the molecule is Cc1cc(Cl)nc(COC2CCC(C)(C)CC2)n1. The first-order valence-electron chi connectivity index (χ1n) is 6.56. The molecule has 0 aliphatic heterocycles. The molecule has 0 radical (unpaired) electrons. The van der Waals surface area contributed by atoms with Gasteiger partial charge in [0.1, 0.15) is 11.8 Å². The van der Waals surface area contributed by atoms with Gasteiger partial charge < -0.3 is 4.74 Å². The Balaban J connectivity index is 1.85. The third-order valence-corrected chi connectivity index (χ3v) is 3.80. The lowest BCUT2D eigenvalue weighted by Gasteiger charge is -2.34. The van der Waals surface area contributed by atoms with Crippen LogP contribution >= 0.6 is 11.6 Å². The summed E-state index contributed by atoms with van der Waals surface area (Å²) in [7, 11) is 0. The summed E-state index contributed by atoms with van der Waals surface area (Å²) in [4.78, 5) is 8.50. The maximum Gasteiger partial charge on any atom is 0.155 e. The van der Waals surface area contributed by atoms with E-state index in [4.69, 9.17) is 16.3 Å². The van der Waals surface area contributed by atoms with Gasteiger partial charge in [-0.3, -0.25) is 0 Å². The molecule has 0 N–H and O–H groups in total. The third-order valence-electron chi connectivity index (χ3n) is 3.60. The van der Waals surface area contributed by atoms with Crippen LogP contribution in [0.3, 0.4) is 0 Å². The molecule has 2 rings (SSSR count). The lowest BCUT2D eigenvalue weighted by molar-refractivity contribution is -0.00833. The van der Waals surface area contributed by atoms with Crippen LogP contribution in [0.5, 0.6) is 0 Å². The van der Waals surface area contributed by atoms with E-state index in [-0.39, 0.29) is 0 Å². The number of nitrogens with zero attached hydrogens (tertiary/aromatic N) is 2. The van der Waals surface area contributed by atoms with Crippen molar-refractivity contribution in [3.05, 3.63) is 22.7 Å². The predicted molar refractivity (Wildman–Crippen MR) is 72.6 cm³/mol. The van der Waals surface area contributed by atoms with Crippen molar-refractivity contribution in [3.8, 4) is 0 Å². The summed E-state index contributed by atoms with van der Waals surface area (Å²) >= 11 is 5.90. The van der Waals surface area contributed by atoms with E-state index in [9.17, 15) is 0 Å². The molecule has 0 saturated heterocycles. The zero-order valence-electron chi connectivity index (χ0n) is 11.4. The van der Waals surface area contributed by atoms with E-state index in [2.05, 4.69) is 23.8 Å². The largest absolute Gasteiger partial charge is 0.370 e. The molecule has 0 bridgehead atoms. The monoisotopic (exact) mass is 268 g/mol. The summed E-state index contributed by atoms with van der Waals surface area (Å²) in [6.45, 7) is 7.03. The van der Waals surface area contributed by atoms with Gasteiger partial charge in [-0.2, -0.15) is 0 Å². The van der Waals surface area contributed by atoms with Gasteiger partial charge in [-0.1, -0.05) is 25.4 Å². The van der Waals surface area contributed by atoms with Crippen LogP contribution < -0.4 is 0 Å². The van der Waals surface area contributed by atoms with Crippen molar-refractivity contribution in [3.63, 3.8) is 0 Å². The maximum atomic E-state index is 5.90. The molecule has 100 valence electrons. The molecule has 1 heterocycles. The van der Waals surface area contributed by atoms with Gasteiger partial charge in [0.25, 0.3) is 0 Å². The lowest BCUT2D eigenvalue weighted by atomic mass is 9.76. The van der Waals surface area contributed by atoms with Crippen LogP contribution in [-0.4, -0.2) is 16.1 Å². The van der Waals surface area contributed by atoms with E-state index in [0.717, 1.165) is 18.5 Å². The van der Waals surface area contributed by atoms with Gasteiger partial charge >= 0.3 is 0 Å². The number of aromatic nitrogens is 2. The molecule has 0 amide bonds. The molecule has 4 heteroatoms. The summed E-state index contributed by atoms with van der Waals surface area (Å²) in [6.07, 6.45) is 5.07. The van der Waals surface area contributed by atoms with Crippen LogP contribution in [-0.2, 0) is 11.3 Å². The molecule has 3 nitrogen and oxygen atoms in total. The van der Waals surface area contributed by atoms with Crippen molar-refractivity contribution in [1.29, 1.82) is 0 Å². The van der Waals surface area contributed by atoms with Gasteiger partial charge in [0.15, 0.2) is 5.82 Å². The van der Waals surface area contributed by atoms with Gasteiger partial charge in [-0.15, -0.1) is 0 Å². The maximum absolute atomic E-state index is 5.90. The van der Waals surface area contributed by atoms with Gasteiger partial charge in [0.05, 0.1) is 6.10 Å². The van der Waals surface area contributed by atoms with Crippen LogP contribution in [0.1, 0.15) is 51.0 Å². The highest BCUT2D eigenvalue weighted by molar-refractivity contribution is 6.29. The Morgan fingerprint density at radius 2 is 2.00 bits per heavy atom. The van der Waals surface area contributed by atoms with E-state index >= 15 is 0 Å². The number of ether oxygens (including phenoxy) is 1. The Kier molecular flexibility index (Phi) is 4.23. The van der Waals surface area contributed by atoms with Gasteiger partial charge in [-0.05, 0) is 44.1 Å². The predicted octanol–water partition coefficient (Wildman–Crippen LogP) is 3.92. The standard InChI is InChI=1S/C14H21ClN2O/c1-10-8-12(15)17-13(16-10)9-18-11-4-6-14(2,3)7-5-11/h8,11H,4-7,9H2,1-3H3. The highest BCUT2D eigenvalue weighted by atomic mass is 35.5. The molecular weight excluding hydrogens is 248 g/mol. The van der Waals surface area contributed by atoms with Crippen molar-refractivity contribution in [2.45, 2.75) is 59.2 Å². The molecule has 1 aliphatic rings. The Hall–Kier alpha value is -0.670. The second kappa shape index (κ2) is 5.54. The normalized spacial score (nSPS) is 20.0. The van der Waals surface area contributed by atoms with E-state index in [1.165, 1.54) is 12.8 Å². The van der Waals surface area contributed by atoms with Crippen LogP contribution in [0.15, 0.2) is 6.07 Å². The first-order valence-corrected chi connectivity index (χ1v) is 6.94. The molecule has 0 aromatic carbocycles. The van der Waals surface area contributed by atoms with Crippen LogP contribution in [0.2, 0.25) is 5.15 Å². The second-order valence-corrected chi connectivity index (χ2v) is 6.31. The number of hydrogen-bond donors (Lipinski definition) is 0. The van der Waals surface area contributed by atoms with Crippen molar-refractivity contribution < 1.29 is 4.74 Å². The molecule has 1 aromatic rings. The minimum absolute atomic E-state index is 0.348. The number of halogens is 1. The van der Waals surface area contributed by atoms with E-state index < -0.39 is 0 Å². The van der Waals surface area contributed by atoms with Crippen LogP contribution in [0, 0.1) is 12.3 Å². The molecule has 0 unspecified atom stereocenters. The quantitative estimate of drug-likeness (QED) is 0.780. The Bertz CT molecular complexity index is 390. The summed E-state index contributed by atoms with van der Waals surface area (Å²) < 4.78 is 5.89. The van der Waals surface area contributed by atoms with E-state index in [0.29, 0.717) is 29.1 Å². The summed E-state index contributed by atoms with van der Waals surface area (Å²) in [5.74, 6) is 0.685. The van der Waals surface area contributed by atoms with Gasteiger partial charge in [-0.25, -0.2) is 9.97 Å². The van der Waals surface area contributed by atoms with E-state index in [1.807, 2.05) is 6.92 Å². The molecular formula is C14H21ClN2O. The fourth-order valence-corrected chi connectivity index (χ4v) is 2.64. The van der Waals surface area contributed by atoms with Crippen molar-refractivity contribution >= 4 is 11.6 Å². The molecule has 1 aliphatic carbocycles. The zero-order valence-corrected chi connectivity index (χ0v) is 12.1. The minimum Gasteiger partial charge on any atom is -0.370 e. The fourth-order valence-electron chi connectivity index (χ4n) is 2.39. The molecule has 1 saturated carbocycles. The average molecular weight is 269 g/mol. The smallest absolute Gasteiger partial charge is 0.155 e. The highest BCUT2D eigenvalue weighted by Gasteiger charge is 2.27. The molecule has 1 fully saturated rings. The Labute approximate surface area is 114 Å². The first kappa shape index (κ1) is 13.8. The average Bonchev–Trinajstić information content (AvgIpc) is 2.26. The topological polar surface area (TPSA) is 35.0 Å². The molecule has 18 heavy (non-hydrogen) atoms. The Morgan fingerprint density at radius 1 is 1.33 bits per heavy atom. The van der Waals surface area contributed by atoms with Crippen molar-refractivity contribution in [2.24, 2.45) is 5.41 Å². The fraction of sp³-hybridized carbons (Fsp3) is 0.714. The Morgan fingerprint density at radius 3 is 2.61 bits per heavy atom. The van der Waals surface area contributed by atoms with Gasteiger partial charge in [0, 0.05) is 5.69 Å². The summed E-state index contributed by atoms with van der Waals surface area (Å²) in [5, 5.41) is 0.492. The van der Waals surface area contributed by atoms with Crippen LogP contribution in [0.4, 0.5) is 0 Å². The molecule has 1 aromatic heterocycles. The highest BCUT2D eigenvalue weighted by Crippen LogP contribution is 2.36. The summed E-state index contributed by atoms with van der Waals surface area (Å²) in [5.41, 5.74) is 1.36. The lowest BCUT2D eigenvalue weighted by Crippen LogP contribution is -2.26. The van der Waals surface area contributed by atoms with Crippen molar-refractivity contribution in [2.75, 3.05) is 0 Å². The van der Waals surface area contributed by atoms with Crippen molar-refractivity contribution in [1.82, 2.24) is 9.97 Å². The minimum atomic E-state index is 0.348. The number of aryl methyl sites for hydroxylation is 1. The third kappa shape index (κ3) is 3.92. The van der Waals surface area contributed by atoms with E-state index in [1.54, 1.807) is 6.07 Å². The molecule has 0 spiro atoms. The summed E-state index contributed by atoms with van der Waals surface area (Å²) in [6, 6.07) is 1.76.